The number of benzene rings is 4. The lowest BCUT2D eigenvalue weighted by molar-refractivity contribution is 0.400. The quantitative estimate of drug-likeness (QED) is 0.126. The Bertz CT molecular complexity index is 1400. The van der Waals surface area contributed by atoms with Gasteiger partial charge in [0.25, 0.3) is 0 Å². The Labute approximate surface area is 223 Å². The van der Waals surface area contributed by atoms with Crippen LogP contribution in [-0.2, 0) is 25.7 Å². The first-order chi connectivity index (χ1) is 18.2. The number of fused-ring (bicyclic) bond motifs is 2. The van der Waals surface area contributed by atoms with Crippen LogP contribution in [-0.4, -0.2) is 30.6 Å². The van der Waals surface area contributed by atoms with Crippen molar-refractivity contribution in [3.63, 3.8) is 0 Å². The highest BCUT2D eigenvalue weighted by Crippen LogP contribution is 2.51. The fourth-order valence-electron chi connectivity index (χ4n) is 5.65. The number of unbranched alkanes of at least 4 members (excludes halogenated alkanes) is 2. The van der Waals surface area contributed by atoms with Gasteiger partial charge in [0.2, 0.25) is 0 Å². The molecule has 4 aromatic carbocycles. The Morgan fingerprint density at radius 2 is 0.842 bits per heavy atom. The summed E-state index contributed by atoms with van der Waals surface area (Å²) >= 11 is 0. The van der Waals surface area contributed by atoms with Gasteiger partial charge in [0.1, 0.15) is 11.5 Å². The van der Waals surface area contributed by atoms with Crippen molar-refractivity contribution in [2.24, 2.45) is 0 Å². The Hall–Kier alpha value is -3.80. The highest BCUT2D eigenvalue weighted by molar-refractivity contribution is 6.06. The van der Waals surface area contributed by atoms with Crippen molar-refractivity contribution < 1.29 is 30.6 Å². The molecule has 0 fully saturated rings. The van der Waals surface area contributed by atoms with Gasteiger partial charge in [-0.2, -0.15) is 0 Å². The van der Waals surface area contributed by atoms with Crippen LogP contribution in [0.2, 0.25) is 0 Å². The van der Waals surface area contributed by atoms with Gasteiger partial charge in [-0.25, -0.2) is 0 Å². The second-order valence-electron chi connectivity index (χ2n) is 10.1. The fraction of sp³-hybridized carbons (Fsp3) is 0.375. The average Bonchev–Trinajstić information content (AvgIpc) is 2.90. The largest absolute Gasteiger partial charge is 0.507 e. The first-order valence-corrected chi connectivity index (χ1v) is 13.6. The zero-order valence-corrected chi connectivity index (χ0v) is 22.6. The molecule has 6 N–H and O–H groups in total. The molecule has 0 bridgehead atoms. The summed E-state index contributed by atoms with van der Waals surface area (Å²) in [6.07, 6.45) is 5.80. The van der Waals surface area contributed by atoms with Gasteiger partial charge in [0, 0.05) is 33.0 Å². The van der Waals surface area contributed by atoms with Crippen molar-refractivity contribution in [3.8, 4) is 45.6 Å². The molecule has 6 nitrogen and oxygen atoms in total. The molecule has 0 atom stereocenters. The minimum atomic E-state index is -0.307. The van der Waals surface area contributed by atoms with E-state index < -0.39 is 0 Å². The summed E-state index contributed by atoms with van der Waals surface area (Å²) in [5.74, 6) is -1.12. The zero-order valence-electron chi connectivity index (χ0n) is 22.6. The fourth-order valence-corrected chi connectivity index (χ4v) is 5.65. The molecular weight excluding hydrogens is 480 g/mol. The smallest absolute Gasteiger partial charge is 0.161 e. The standard InChI is InChI=1S/C32H38O6/c1-5-9-11-17-13-21-19(7-3)29(35)25(33)15-23(21)31(37)27(17)28-18(12-10-6-2)14-22-20(8-4)30(36)26(34)16-24(22)32(28)38/h13-16,33-38H,5-12H2,1-4H3. The van der Waals surface area contributed by atoms with Crippen molar-refractivity contribution in [1.82, 2.24) is 0 Å². The molecule has 0 spiro atoms. The molecule has 0 unspecified atom stereocenters. The highest BCUT2D eigenvalue weighted by Gasteiger charge is 2.26. The van der Waals surface area contributed by atoms with Gasteiger partial charge in [-0.1, -0.05) is 40.5 Å². The Kier molecular flexibility index (Phi) is 7.81. The third-order valence-corrected chi connectivity index (χ3v) is 7.67. The summed E-state index contributed by atoms with van der Waals surface area (Å²) < 4.78 is 0. The summed E-state index contributed by atoms with van der Waals surface area (Å²) in [6, 6.07) is 6.65. The van der Waals surface area contributed by atoms with Crippen LogP contribution in [0.25, 0.3) is 32.7 Å². The minimum Gasteiger partial charge on any atom is -0.507 e. The van der Waals surface area contributed by atoms with Crippen LogP contribution in [0.1, 0.15) is 75.6 Å². The Balaban J connectivity index is 2.19. The molecule has 0 heterocycles. The SMILES string of the molecule is CCCCc1cc2c(CC)c(O)c(O)cc2c(O)c1-c1c(CCCC)cc2c(CC)c(O)c(O)cc2c1O. The van der Waals surface area contributed by atoms with Gasteiger partial charge in [-0.3, -0.25) is 0 Å². The molecule has 6 heteroatoms. The molecule has 38 heavy (non-hydrogen) atoms. The number of aryl methyl sites for hydroxylation is 4. The van der Waals surface area contributed by atoms with Crippen LogP contribution in [0.3, 0.4) is 0 Å². The lowest BCUT2D eigenvalue weighted by Crippen LogP contribution is -2.00. The third-order valence-electron chi connectivity index (χ3n) is 7.67. The van der Waals surface area contributed by atoms with Crippen molar-refractivity contribution in [2.45, 2.75) is 79.1 Å². The van der Waals surface area contributed by atoms with Crippen molar-refractivity contribution in [3.05, 3.63) is 46.5 Å². The predicted octanol–water partition coefficient (Wildman–Crippen LogP) is 7.70. The summed E-state index contributed by atoms with van der Waals surface area (Å²) in [6.45, 7) is 7.94. The number of phenols is 6. The molecule has 202 valence electrons. The van der Waals surface area contributed by atoms with E-state index in [1.807, 2.05) is 26.0 Å². The summed E-state index contributed by atoms with van der Waals surface area (Å²) in [7, 11) is 0. The maximum absolute atomic E-state index is 11.8. The maximum atomic E-state index is 11.8. The van der Waals surface area contributed by atoms with Crippen molar-refractivity contribution >= 4 is 21.5 Å². The summed E-state index contributed by atoms with van der Waals surface area (Å²) in [5.41, 5.74) is 3.77. The van der Waals surface area contributed by atoms with Crippen LogP contribution < -0.4 is 0 Å². The molecule has 0 aliphatic rings. The summed E-state index contributed by atoms with van der Waals surface area (Å²) in [5, 5.41) is 67.6. The van der Waals surface area contributed by atoms with Crippen LogP contribution in [0.15, 0.2) is 24.3 Å². The number of hydrogen-bond acceptors (Lipinski definition) is 6. The van der Waals surface area contributed by atoms with E-state index in [2.05, 4.69) is 13.8 Å². The second-order valence-corrected chi connectivity index (χ2v) is 10.1. The van der Waals surface area contributed by atoms with Crippen LogP contribution >= 0.6 is 0 Å². The third kappa shape index (κ3) is 4.42. The normalized spacial score (nSPS) is 11.6. The van der Waals surface area contributed by atoms with Gasteiger partial charge in [-0.15, -0.1) is 0 Å². The molecule has 0 amide bonds. The van der Waals surface area contributed by atoms with E-state index in [-0.39, 0.29) is 34.5 Å². The highest BCUT2D eigenvalue weighted by atomic mass is 16.3. The maximum Gasteiger partial charge on any atom is 0.161 e. The van der Waals surface area contributed by atoms with E-state index in [1.165, 1.54) is 12.1 Å². The van der Waals surface area contributed by atoms with E-state index in [0.29, 0.717) is 69.5 Å². The second kappa shape index (κ2) is 10.9. The first kappa shape index (κ1) is 27.2. The minimum absolute atomic E-state index is 0.0651. The van der Waals surface area contributed by atoms with E-state index in [9.17, 15) is 30.6 Å². The predicted molar refractivity (Wildman–Crippen MR) is 153 cm³/mol. The topological polar surface area (TPSA) is 121 Å². The van der Waals surface area contributed by atoms with E-state index >= 15 is 0 Å². The first-order valence-electron chi connectivity index (χ1n) is 13.6. The molecule has 0 saturated heterocycles. The Morgan fingerprint density at radius 3 is 1.16 bits per heavy atom. The number of hydrogen-bond donors (Lipinski definition) is 6. The average molecular weight is 519 g/mol. The van der Waals surface area contributed by atoms with Crippen molar-refractivity contribution in [1.29, 1.82) is 0 Å². The van der Waals surface area contributed by atoms with Gasteiger partial charge in [0.15, 0.2) is 23.0 Å². The molecule has 0 saturated carbocycles. The lowest BCUT2D eigenvalue weighted by atomic mass is 9.84. The number of rotatable bonds is 9. The van der Waals surface area contributed by atoms with Crippen LogP contribution in [0, 0.1) is 0 Å². The number of aromatic hydroxyl groups is 6. The van der Waals surface area contributed by atoms with E-state index in [1.54, 1.807) is 0 Å². The van der Waals surface area contributed by atoms with Crippen LogP contribution in [0.5, 0.6) is 34.5 Å². The molecule has 4 aromatic rings. The molecule has 4 rings (SSSR count). The van der Waals surface area contributed by atoms with Crippen LogP contribution in [0.4, 0.5) is 0 Å². The lowest BCUT2D eigenvalue weighted by Gasteiger charge is -2.22. The monoisotopic (exact) mass is 518 g/mol. The summed E-state index contributed by atoms with van der Waals surface area (Å²) in [4.78, 5) is 0. The molecule has 0 aliphatic carbocycles. The molecule has 0 aromatic heterocycles. The van der Waals surface area contributed by atoms with Gasteiger partial charge in [-0.05, 0) is 84.7 Å². The van der Waals surface area contributed by atoms with Crippen molar-refractivity contribution in [2.75, 3.05) is 0 Å². The molecule has 0 aliphatic heterocycles. The number of phenolic OH excluding ortho intramolecular Hbond substituents is 6. The van der Waals surface area contributed by atoms with E-state index in [4.69, 9.17) is 0 Å². The van der Waals surface area contributed by atoms with Gasteiger partial charge >= 0.3 is 0 Å². The van der Waals surface area contributed by atoms with Gasteiger partial charge in [0.05, 0.1) is 0 Å². The van der Waals surface area contributed by atoms with E-state index in [0.717, 1.165) is 36.8 Å². The Morgan fingerprint density at radius 1 is 0.474 bits per heavy atom. The zero-order chi connectivity index (χ0) is 27.7. The molecular formula is C32H38O6. The molecule has 0 radical (unpaired) electrons. The van der Waals surface area contributed by atoms with Gasteiger partial charge < -0.3 is 30.6 Å².